The zero-order valence-corrected chi connectivity index (χ0v) is 12.1. The number of rotatable bonds is 8. The van der Waals surface area contributed by atoms with Gasteiger partial charge in [-0.2, -0.15) is 0 Å². The molecule has 0 saturated carbocycles. The van der Waals surface area contributed by atoms with Gasteiger partial charge in [0.1, 0.15) is 0 Å². The summed E-state index contributed by atoms with van der Waals surface area (Å²) in [6, 6.07) is 0. The van der Waals surface area contributed by atoms with E-state index in [9.17, 15) is 0 Å². The number of allylic oxidation sites excluding steroid dienone is 5. The third kappa shape index (κ3) is 6.67. The first-order chi connectivity index (χ1) is 8.86. The Morgan fingerprint density at radius 1 is 1.17 bits per heavy atom. The van der Waals surface area contributed by atoms with Gasteiger partial charge < -0.3 is 0 Å². The normalized spacial score (nSPS) is 17.6. The predicted octanol–water partition coefficient (Wildman–Crippen LogP) is 5.97. The van der Waals surface area contributed by atoms with Gasteiger partial charge in [-0.1, -0.05) is 51.0 Å². The van der Waals surface area contributed by atoms with Gasteiger partial charge in [-0.05, 0) is 56.1 Å². The monoisotopic (exact) mass is 244 g/mol. The summed E-state index contributed by atoms with van der Waals surface area (Å²) >= 11 is 0. The summed E-state index contributed by atoms with van der Waals surface area (Å²) in [6.45, 7) is 4.53. The third-order valence-corrected chi connectivity index (χ3v) is 3.46. The largest absolute Gasteiger partial charge is 0.126 e. The molecule has 0 heterocycles. The summed E-state index contributed by atoms with van der Waals surface area (Å²) in [5.41, 5.74) is 5.11. The maximum absolute atomic E-state index is 3.57. The van der Waals surface area contributed by atoms with E-state index >= 15 is 0 Å². The van der Waals surface area contributed by atoms with Crippen LogP contribution < -0.4 is 0 Å². The average Bonchev–Trinajstić information content (AvgIpc) is 2.42. The first-order valence-corrected chi connectivity index (χ1v) is 7.63. The molecule has 0 aromatic heterocycles. The molecule has 0 aromatic rings. The Bertz CT molecular complexity index is 314. The lowest BCUT2D eigenvalue weighted by Crippen LogP contribution is -1.94. The van der Waals surface area contributed by atoms with Crippen LogP contribution in [0.4, 0.5) is 0 Å². The van der Waals surface area contributed by atoms with E-state index in [4.69, 9.17) is 0 Å². The molecule has 0 N–H and O–H groups in total. The molecule has 1 aliphatic rings. The fourth-order valence-electron chi connectivity index (χ4n) is 2.21. The van der Waals surface area contributed by atoms with Crippen molar-refractivity contribution in [3.05, 3.63) is 41.7 Å². The van der Waals surface area contributed by atoms with Crippen molar-refractivity contribution < 1.29 is 0 Å². The first-order valence-electron chi connectivity index (χ1n) is 7.63. The number of unbranched alkanes of at least 4 members (excludes halogenated alkanes) is 2. The van der Waals surface area contributed by atoms with Crippen LogP contribution in [0.3, 0.4) is 0 Å². The Morgan fingerprint density at radius 2 is 1.89 bits per heavy atom. The van der Waals surface area contributed by atoms with Gasteiger partial charge in [0.05, 0.1) is 0 Å². The van der Waals surface area contributed by atoms with Crippen LogP contribution in [-0.2, 0) is 0 Å². The molecule has 1 rings (SSSR count). The minimum absolute atomic E-state index is 0.695. The van der Waals surface area contributed by atoms with Gasteiger partial charge in [-0.15, -0.1) is 5.73 Å². The molecule has 18 heavy (non-hydrogen) atoms. The van der Waals surface area contributed by atoms with Crippen molar-refractivity contribution >= 4 is 0 Å². The van der Waals surface area contributed by atoms with Crippen LogP contribution in [0.1, 0.15) is 65.2 Å². The highest BCUT2D eigenvalue weighted by Crippen LogP contribution is 2.17. The molecule has 0 bridgehead atoms. The standard InChI is InChI=1S/C18H28/c1-3-5-11-17(12-6-4-2)15-10-16-18-13-8-7-9-14-18/h7-10,13,18H,3-6,11-12,14,16H2,1-2H3. The van der Waals surface area contributed by atoms with Crippen LogP contribution in [0.25, 0.3) is 0 Å². The van der Waals surface area contributed by atoms with Gasteiger partial charge in [0.15, 0.2) is 0 Å². The third-order valence-electron chi connectivity index (χ3n) is 3.46. The Morgan fingerprint density at radius 3 is 2.44 bits per heavy atom. The zero-order chi connectivity index (χ0) is 13.1. The lowest BCUT2D eigenvalue weighted by molar-refractivity contribution is 0.668. The van der Waals surface area contributed by atoms with Gasteiger partial charge in [-0.3, -0.25) is 0 Å². The second kappa shape index (κ2) is 9.97. The van der Waals surface area contributed by atoms with Crippen molar-refractivity contribution in [2.75, 3.05) is 0 Å². The summed E-state index contributed by atoms with van der Waals surface area (Å²) < 4.78 is 0. The van der Waals surface area contributed by atoms with E-state index in [1.165, 1.54) is 50.5 Å². The van der Waals surface area contributed by atoms with Crippen molar-refractivity contribution in [3.63, 3.8) is 0 Å². The van der Waals surface area contributed by atoms with Crippen LogP contribution in [0.5, 0.6) is 0 Å². The fourth-order valence-corrected chi connectivity index (χ4v) is 2.21. The van der Waals surface area contributed by atoms with Crippen LogP contribution in [0, 0.1) is 5.92 Å². The second-order valence-corrected chi connectivity index (χ2v) is 5.20. The van der Waals surface area contributed by atoms with Crippen molar-refractivity contribution in [3.8, 4) is 0 Å². The Labute approximate surface area is 113 Å². The fraction of sp³-hybridized carbons (Fsp3) is 0.611. The molecular weight excluding hydrogens is 216 g/mol. The molecule has 1 atom stereocenters. The topological polar surface area (TPSA) is 0 Å². The highest BCUT2D eigenvalue weighted by atomic mass is 14.1. The number of hydrogen-bond acceptors (Lipinski definition) is 0. The molecule has 0 amide bonds. The van der Waals surface area contributed by atoms with E-state index in [2.05, 4.69) is 50.0 Å². The Hall–Kier alpha value is -1.00. The maximum atomic E-state index is 3.57. The van der Waals surface area contributed by atoms with E-state index in [1.54, 1.807) is 0 Å². The molecule has 0 nitrogen and oxygen atoms in total. The summed E-state index contributed by atoms with van der Waals surface area (Å²) in [6.07, 6.45) is 21.2. The van der Waals surface area contributed by atoms with E-state index in [1.807, 2.05) is 0 Å². The number of hydrogen-bond donors (Lipinski definition) is 0. The Balaban J connectivity index is 2.44. The van der Waals surface area contributed by atoms with Crippen LogP contribution in [0.2, 0.25) is 0 Å². The highest BCUT2D eigenvalue weighted by Gasteiger charge is 2.02. The van der Waals surface area contributed by atoms with E-state index < -0.39 is 0 Å². The molecule has 0 saturated heterocycles. The van der Waals surface area contributed by atoms with Gasteiger partial charge in [0.2, 0.25) is 0 Å². The quantitative estimate of drug-likeness (QED) is 0.461. The molecule has 0 spiro atoms. The summed E-state index contributed by atoms with van der Waals surface area (Å²) in [4.78, 5) is 0. The van der Waals surface area contributed by atoms with Gasteiger partial charge in [0, 0.05) is 0 Å². The van der Waals surface area contributed by atoms with E-state index in [0.29, 0.717) is 5.92 Å². The van der Waals surface area contributed by atoms with Gasteiger partial charge in [-0.25, -0.2) is 0 Å². The molecule has 0 heteroatoms. The highest BCUT2D eigenvalue weighted by molar-refractivity contribution is 5.12. The lowest BCUT2D eigenvalue weighted by Gasteiger charge is -2.08. The maximum Gasteiger partial charge on any atom is -0.0155 e. The summed E-state index contributed by atoms with van der Waals surface area (Å²) in [7, 11) is 0. The Kier molecular flexibility index (Phi) is 8.34. The minimum Gasteiger partial charge on any atom is -0.126 e. The molecule has 0 aliphatic heterocycles. The lowest BCUT2D eigenvalue weighted by atomic mass is 9.97. The van der Waals surface area contributed by atoms with E-state index in [0.717, 1.165) is 6.42 Å². The van der Waals surface area contributed by atoms with Crippen LogP contribution in [-0.4, -0.2) is 0 Å². The van der Waals surface area contributed by atoms with Crippen molar-refractivity contribution in [1.29, 1.82) is 0 Å². The zero-order valence-electron chi connectivity index (χ0n) is 12.1. The predicted molar refractivity (Wildman–Crippen MR) is 81.7 cm³/mol. The SMILES string of the molecule is CCCCC(=C=CCC1C=CC=CC1)CCCC. The summed E-state index contributed by atoms with van der Waals surface area (Å²) in [5.74, 6) is 0.695. The molecule has 0 aromatic carbocycles. The molecule has 100 valence electrons. The van der Waals surface area contributed by atoms with Crippen molar-refractivity contribution in [1.82, 2.24) is 0 Å². The van der Waals surface area contributed by atoms with Gasteiger partial charge >= 0.3 is 0 Å². The molecule has 1 unspecified atom stereocenters. The van der Waals surface area contributed by atoms with E-state index in [-0.39, 0.29) is 0 Å². The first kappa shape index (κ1) is 15.1. The summed E-state index contributed by atoms with van der Waals surface area (Å²) in [5, 5.41) is 0. The molecular formula is C18H28. The van der Waals surface area contributed by atoms with Crippen molar-refractivity contribution in [2.45, 2.75) is 65.2 Å². The molecule has 1 aliphatic carbocycles. The van der Waals surface area contributed by atoms with Gasteiger partial charge in [0.25, 0.3) is 0 Å². The molecule has 0 radical (unpaired) electrons. The van der Waals surface area contributed by atoms with Crippen molar-refractivity contribution in [2.24, 2.45) is 5.92 Å². The smallest absolute Gasteiger partial charge is 0.0155 e. The molecule has 0 fully saturated rings. The van der Waals surface area contributed by atoms with Crippen LogP contribution in [0.15, 0.2) is 41.7 Å². The minimum atomic E-state index is 0.695. The average molecular weight is 244 g/mol. The second-order valence-electron chi connectivity index (χ2n) is 5.20. The van der Waals surface area contributed by atoms with Crippen LogP contribution >= 0.6 is 0 Å².